The molecule has 188 valence electrons. The van der Waals surface area contributed by atoms with Gasteiger partial charge in [0.1, 0.15) is 12.4 Å². The molecule has 5 nitrogen and oxygen atoms in total. The number of halogens is 1. The third kappa shape index (κ3) is 6.24. The van der Waals surface area contributed by atoms with Crippen LogP contribution >= 0.6 is 23.4 Å². The first-order valence-electron chi connectivity index (χ1n) is 12.5. The van der Waals surface area contributed by atoms with Crippen LogP contribution in [0.25, 0.3) is 0 Å². The molecule has 0 spiro atoms. The molecule has 1 saturated heterocycles. The minimum Gasteiger partial charge on any atom is -0.492 e. The largest absolute Gasteiger partial charge is 0.492 e. The zero-order valence-electron chi connectivity index (χ0n) is 20.9. The molecule has 7 heteroatoms. The van der Waals surface area contributed by atoms with Gasteiger partial charge in [-0.2, -0.15) is 5.10 Å². The first-order valence-corrected chi connectivity index (χ1v) is 13.7. The Hall–Kier alpha value is -2.51. The van der Waals surface area contributed by atoms with E-state index in [1.807, 2.05) is 50.3 Å². The molecule has 1 atom stereocenters. The fourth-order valence-corrected chi connectivity index (χ4v) is 6.02. The van der Waals surface area contributed by atoms with E-state index in [4.69, 9.17) is 21.4 Å². The van der Waals surface area contributed by atoms with Gasteiger partial charge in [0.25, 0.3) is 0 Å². The molecule has 2 aliphatic heterocycles. The van der Waals surface area contributed by atoms with Crippen LogP contribution in [0.4, 0.5) is 0 Å². The minimum atomic E-state index is 0.317. The SMILES string of the molecule is CN(C)CCOc1cccc(C=NN2CCN(C3Cc4ccccc4Sc4ccc(Cl)cc43)CC2)c1. The van der Waals surface area contributed by atoms with Gasteiger partial charge < -0.3 is 9.64 Å². The summed E-state index contributed by atoms with van der Waals surface area (Å²) in [7, 11) is 4.10. The maximum atomic E-state index is 6.45. The molecule has 1 fully saturated rings. The van der Waals surface area contributed by atoms with E-state index in [-0.39, 0.29) is 0 Å². The highest BCUT2D eigenvalue weighted by Gasteiger charge is 2.30. The fourth-order valence-electron chi connectivity index (χ4n) is 4.72. The standard InChI is InChI=1S/C29H33ClN4OS/c1-32(2)16-17-35-25-8-5-6-22(18-25)21-31-34-14-12-33(13-15-34)27-19-23-7-3-4-9-28(23)36-29-11-10-24(30)20-26(27)29/h3-11,18,20-21,27H,12-17,19H2,1-2H3. The Labute approximate surface area is 223 Å². The number of benzene rings is 3. The van der Waals surface area contributed by atoms with Crippen molar-refractivity contribution in [2.24, 2.45) is 5.10 Å². The fraction of sp³-hybridized carbons (Fsp3) is 0.345. The lowest BCUT2D eigenvalue weighted by molar-refractivity contribution is 0.0970. The number of ether oxygens (including phenoxy) is 1. The first-order chi connectivity index (χ1) is 17.5. The highest BCUT2D eigenvalue weighted by atomic mass is 35.5. The molecule has 36 heavy (non-hydrogen) atoms. The number of hydrazone groups is 1. The summed E-state index contributed by atoms with van der Waals surface area (Å²) in [6.07, 6.45) is 2.95. The Kier molecular flexibility index (Phi) is 8.17. The normalized spacial score (nSPS) is 18.2. The summed E-state index contributed by atoms with van der Waals surface area (Å²) in [4.78, 5) is 7.37. The first kappa shape index (κ1) is 25.2. The van der Waals surface area contributed by atoms with Crippen LogP contribution < -0.4 is 4.74 Å². The van der Waals surface area contributed by atoms with Crippen molar-refractivity contribution in [3.05, 3.63) is 88.4 Å². The van der Waals surface area contributed by atoms with Crippen LogP contribution in [0.15, 0.2) is 81.6 Å². The van der Waals surface area contributed by atoms with Crippen molar-refractivity contribution in [1.82, 2.24) is 14.8 Å². The van der Waals surface area contributed by atoms with E-state index in [9.17, 15) is 0 Å². The average Bonchev–Trinajstić information content (AvgIpc) is 3.04. The summed E-state index contributed by atoms with van der Waals surface area (Å²) in [6.45, 7) is 5.30. The lowest BCUT2D eigenvalue weighted by atomic mass is 9.97. The Balaban J connectivity index is 1.24. The van der Waals surface area contributed by atoms with E-state index in [0.717, 1.165) is 55.5 Å². The van der Waals surface area contributed by atoms with Crippen LogP contribution in [0.1, 0.15) is 22.7 Å². The average molecular weight is 521 g/mol. The number of piperazine rings is 1. The summed E-state index contributed by atoms with van der Waals surface area (Å²) in [6, 6.07) is 23.6. The number of rotatable bonds is 7. The van der Waals surface area contributed by atoms with Crippen molar-refractivity contribution in [3.8, 4) is 5.75 Å². The van der Waals surface area contributed by atoms with Gasteiger partial charge >= 0.3 is 0 Å². The molecule has 2 heterocycles. The van der Waals surface area contributed by atoms with Crippen LogP contribution in [0.5, 0.6) is 5.75 Å². The Morgan fingerprint density at radius 2 is 1.83 bits per heavy atom. The predicted molar refractivity (Wildman–Crippen MR) is 150 cm³/mol. The van der Waals surface area contributed by atoms with Crippen molar-refractivity contribution in [1.29, 1.82) is 0 Å². The molecule has 2 aliphatic rings. The van der Waals surface area contributed by atoms with Crippen molar-refractivity contribution >= 4 is 29.6 Å². The minimum absolute atomic E-state index is 0.317. The molecule has 0 aliphatic carbocycles. The molecule has 1 unspecified atom stereocenters. The third-order valence-electron chi connectivity index (χ3n) is 6.70. The molecule has 0 N–H and O–H groups in total. The van der Waals surface area contributed by atoms with Crippen LogP contribution in [-0.2, 0) is 6.42 Å². The summed E-state index contributed by atoms with van der Waals surface area (Å²) in [5.74, 6) is 0.884. The zero-order valence-corrected chi connectivity index (χ0v) is 22.5. The van der Waals surface area contributed by atoms with E-state index in [1.54, 1.807) is 0 Å². The number of nitrogens with zero attached hydrogens (tertiary/aromatic N) is 4. The molecule has 3 aromatic carbocycles. The quantitative estimate of drug-likeness (QED) is 0.374. The lowest BCUT2D eigenvalue weighted by Crippen LogP contribution is -2.46. The molecule has 3 aromatic rings. The van der Waals surface area contributed by atoms with Crippen LogP contribution in [-0.4, -0.2) is 74.4 Å². The maximum Gasteiger partial charge on any atom is 0.120 e. The van der Waals surface area contributed by atoms with Gasteiger partial charge in [-0.3, -0.25) is 9.91 Å². The Bertz CT molecular complexity index is 1210. The van der Waals surface area contributed by atoms with Gasteiger partial charge in [-0.05, 0) is 73.6 Å². The van der Waals surface area contributed by atoms with E-state index in [0.29, 0.717) is 12.6 Å². The van der Waals surface area contributed by atoms with Gasteiger partial charge in [-0.1, -0.05) is 53.7 Å². The van der Waals surface area contributed by atoms with E-state index in [1.165, 1.54) is 20.9 Å². The summed E-state index contributed by atoms with van der Waals surface area (Å²) >= 11 is 8.32. The third-order valence-corrected chi connectivity index (χ3v) is 8.15. The van der Waals surface area contributed by atoms with E-state index < -0.39 is 0 Å². The van der Waals surface area contributed by atoms with Crippen LogP contribution in [0.2, 0.25) is 5.02 Å². The number of hydrogen-bond donors (Lipinski definition) is 0. The highest BCUT2D eigenvalue weighted by Crippen LogP contribution is 2.43. The predicted octanol–water partition coefficient (Wildman–Crippen LogP) is 5.68. The van der Waals surface area contributed by atoms with E-state index in [2.05, 4.69) is 63.3 Å². The number of hydrogen-bond acceptors (Lipinski definition) is 6. The topological polar surface area (TPSA) is 31.3 Å². The molecule has 5 rings (SSSR count). The second-order valence-electron chi connectivity index (χ2n) is 9.57. The molecule has 0 saturated carbocycles. The lowest BCUT2D eigenvalue weighted by Gasteiger charge is -2.38. The monoisotopic (exact) mass is 520 g/mol. The number of fused-ring (bicyclic) bond motifs is 2. The van der Waals surface area contributed by atoms with Crippen molar-refractivity contribution in [2.75, 3.05) is 53.4 Å². The van der Waals surface area contributed by atoms with Gasteiger partial charge in [-0.25, -0.2) is 0 Å². The van der Waals surface area contributed by atoms with Crippen molar-refractivity contribution < 1.29 is 4.74 Å². The van der Waals surface area contributed by atoms with Crippen molar-refractivity contribution in [3.63, 3.8) is 0 Å². The Morgan fingerprint density at radius 1 is 1.00 bits per heavy atom. The second-order valence-corrected chi connectivity index (χ2v) is 11.1. The smallest absolute Gasteiger partial charge is 0.120 e. The molecule has 0 amide bonds. The Morgan fingerprint density at radius 3 is 2.67 bits per heavy atom. The van der Waals surface area contributed by atoms with Gasteiger partial charge in [-0.15, -0.1) is 0 Å². The maximum absolute atomic E-state index is 6.45. The van der Waals surface area contributed by atoms with Gasteiger partial charge in [0.2, 0.25) is 0 Å². The summed E-state index contributed by atoms with van der Waals surface area (Å²) in [5, 5.41) is 7.77. The number of likely N-dealkylation sites (N-methyl/N-ethyl adjacent to an activating group) is 1. The summed E-state index contributed by atoms with van der Waals surface area (Å²) < 4.78 is 5.87. The van der Waals surface area contributed by atoms with Crippen molar-refractivity contribution in [2.45, 2.75) is 22.3 Å². The molecule has 0 aromatic heterocycles. The van der Waals surface area contributed by atoms with Gasteiger partial charge in [0.05, 0.1) is 6.21 Å². The highest BCUT2D eigenvalue weighted by molar-refractivity contribution is 7.99. The van der Waals surface area contributed by atoms with E-state index >= 15 is 0 Å². The summed E-state index contributed by atoms with van der Waals surface area (Å²) in [5.41, 5.74) is 3.81. The zero-order chi connectivity index (χ0) is 24.9. The van der Waals surface area contributed by atoms with Crippen LogP contribution in [0.3, 0.4) is 0 Å². The molecular formula is C29H33ClN4OS. The van der Waals surface area contributed by atoms with Crippen LogP contribution in [0, 0.1) is 0 Å². The molecule has 0 radical (unpaired) electrons. The molecular weight excluding hydrogens is 488 g/mol. The van der Waals surface area contributed by atoms with Gasteiger partial charge in [0, 0.05) is 53.6 Å². The molecule has 0 bridgehead atoms. The van der Waals surface area contributed by atoms with Gasteiger partial charge in [0.15, 0.2) is 0 Å². The second kappa shape index (κ2) is 11.7.